The molecule has 0 unspecified atom stereocenters. The Morgan fingerprint density at radius 2 is 0.875 bits per heavy atom. The summed E-state index contributed by atoms with van der Waals surface area (Å²) in [4.78, 5) is 0. The Bertz CT molecular complexity index is 24.0. The first-order valence-corrected chi connectivity index (χ1v) is 18.4. The van der Waals surface area contributed by atoms with E-state index in [0.717, 1.165) is 0 Å². The predicted molar refractivity (Wildman–Crippen MR) is 40.9 cm³/mol. The molecule has 0 N–H and O–H groups in total. The Kier molecular flexibility index (Phi) is 17.7. The molecule has 0 amide bonds. The summed E-state index contributed by atoms with van der Waals surface area (Å²) in [6.45, 7) is 0. The van der Waals surface area contributed by atoms with Crippen molar-refractivity contribution in [2.45, 2.75) is 0 Å². The predicted octanol–water partition coefficient (Wildman–Crippen LogP) is 3.75. The van der Waals surface area contributed by atoms with E-state index in [2.05, 4.69) is 0 Å². The van der Waals surface area contributed by atoms with Crippen molar-refractivity contribution in [2.75, 3.05) is 0 Å². The van der Waals surface area contributed by atoms with Gasteiger partial charge >= 0.3 is 85.7 Å². The summed E-state index contributed by atoms with van der Waals surface area (Å²) in [5.74, 6) is 0. The number of hydrogen-bond donors (Lipinski definition) is 0. The van der Waals surface area contributed by atoms with Gasteiger partial charge in [-0.15, -0.1) is 0 Å². The van der Waals surface area contributed by atoms with Crippen LogP contribution in [0.5, 0.6) is 0 Å². The molecule has 8 heteroatoms. The molecule has 0 saturated carbocycles. The monoisotopic (exact) mass is 378 g/mol. The molecular weight excluding hydrogens is 379 g/mol. The number of hydrogen-bond acceptors (Lipinski definition) is 0. The van der Waals surface area contributed by atoms with Gasteiger partial charge in [-0.25, -0.2) is 0 Å². The normalized spacial score (nSPS) is 7.88. The molecule has 0 nitrogen and oxygen atoms in total. The molecule has 0 aliphatic heterocycles. The Hall–Kier alpha value is 3.25. The van der Waals surface area contributed by atoms with Crippen molar-refractivity contribution in [1.29, 1.82) is 0 Å². The first kappa shape index (κ1) is 13.8. The van der Waals surface area contributed by atoms with Crippen LogP contribution in [0.1, 0.15) is 0 Å². The van der Waals surface area contributed by atoms with Crippen LogP contribution in [-0.4, -0.2) is 16.4 Å². The van der Waals surface area contributed by atoms with Crippen LogP contribution in [0.2, 0.25) is 0 Å². The molecule has 0 aliphatic rings. The maximum absolute atomic E-state index is 5.00. The molecule has 8 heavy (non-hydrogen) atoms. The van der Waals surface area contributed by atoms with E-state index < -0.39 is 31.1 Å². The van der Waals surface area contributed by atoms with Gasteiger partial charge in [-0.05, 0) is 0 Å². The summed E-state index contributed by atoms with van der Waals surface area (Å²) in [6, 6.07) is 0. The summed E-state index contributed by atoms with van der Waals surface area (Å²) >= 11 is -4.04. The van der Waals surface area contributed by atoms with Gasteiger partial charge < -0.3 is 0 Å². The fraction of sp³-hybridized carbons (Fsp3) is 0. The molecule has 0 aromatic rings. The van der Waals surface area contributed by atoms with Gasteiger partial charge in [0.15, 0.2) is 0 Å². The molecule has 0 aliphatic carbocycles. The van der Waals surface area contributed by atoms with Gasteiger partial charge in [-0.1, -0.05) is 0 Å². The van der Waals surface area contributed by atoms with Crippen LogP contribution in [0, 0.1) is 0 Å². The zero-order valence-corrected chi connectivity index (χ0v) is 12.2. The molecule has 0 aromatic heterocycles. The van der Waals surface area contributed by atoms with Crippen LogP contribution >= 0.6 is 54.7 Å². The molecule has 0 aromatic carbocycles. The van der Waals surface area contributed by atoms with Gasteiger partial charge in [0.2, 0.25) is 0 Å². The molecule has 1 radical (unpaired) electrons. The Balaban J connectivity index is 0. The minimum atomic E-state index is -2.13. The van der Waals surface area contributed by atoms with Crippen molar-refractivity contribution in [2.24, 2.45) is 0 Å². The molecule has 50 valence electrons. The molecule has 0 atom stereocenters. The molecule has 0 saturated heterocycles. The quantitative estimate of drug-likeness (QED) is 0.563. The SMILES string of the molecule is [Cl][Sn]([Cl])[Cl].[Cl][Ti]([Cl])[Cl]. The van der Waals surface area contributed by atoms with Crippen LogP contribution in [0.4, 0.5) is 0 Å². The fourth-order valence-electron chi connectivity index (χ4n) is 0. The van der Waals surface area contributed by atoms with Gasteiger partial charge in [0.25, 0.3) is 0 Å². The van der Waals surface area contributed by atoms with Crippen molar-refractivity contribution < 1.29 is 14.7 Å². The molecular formula is Cl6SnTi. The molecule has 0 heterocycles. The molecule has 0 rings (SSSR count). The van der Waals surface area contributed by atoms with Crippen molar-refractivity contribution in [3.8, 4) is 0 Å². The van der Waals surface area contributed by atoms with Crippen molar-refractivity contribution >= 4 is 71.1 Å². The molecule has 0 fully saturated rings. The summed E-state index contributed by atoms with van der Waals surface area (Å²) in [7, 11) is 29.9. The third-order valence-electron chi connectivity index (χ3n) is 0. The van der Waals surface area contributed by atoms with Gasteiger partial charge in [0.05, 0.1) is 0 Å². The van der Waals surface area contributed by atoms with Gasteiger partial charge in [0.1, 0.15) is 0 Å². The van der Waals surface area contributed by atoms with Gasteiger partial charge in [-0.2, -0.15) is 0 Å². The number of rotatable bonds is 0. The van der Waals surface area contributed by atoms with Gasteiger partial charge in [-0.3, -0.25) is 0 Å². The van der Waals surface area contributed by atoms with E-state index >= 15 is 0 Å². The van der Waals surface area contributed by atoms with E-state index in [-0.39, 0.29) is 0 Å². The maximum atomic E-state index is 5.00. The minimum absolute atomic E-state index is 1.92. The Morgan fingerprint density at radius 3 is 0.875 bits per heavy atom. The molecule has 0 bridgehead atoms. The Morgan fingerprint density at radius 1 is 0.875 bits per heavy atom. The van der Waals surface area contributed by atoms with E-state index in [1.54, 1.807) is 0 Å². The Labute approximate surface area is 84.1 Å². The van der Waals surface area contributed by atoms with E-state index in [4.69, 9.17) is 54.7 Å². The van der Waals surface area contributed by atoms with Crippen LogP contribution in [0.25, 0.3) is 0 Å². The second kappa shape index (κ2) is 10.3. The summed E-state index contributed by atoms with van der Waals surface area (Å²) in [5.41, 5.74) is 0. The first-order valence-electron chi connectivity index (χ1n) is 1.13. The van der Waals surface area contributed by atoms with Gasteiger partial charge in [0, 0.05) is 0 Å². The van der Waals surface area contributed by atoms with E-state index in [0.29, 0.717) is 0 Å². The fourth-order valence-corrected chi connectivity index (χ4v) is 0. The topological polar surface area (TPSA) is 0 Å². The van der Waals surface area contributed by atoms with Crippen LogP contribution in [0.3, 0.4) is 0 Å². The van der Waals surface area contributed by atoms with Crippen LogP contribution < -0.4 is 0 Å². The first-order chi connectivity index (χ1) is 3.46. The second-order valence-corrected chi connectivity index (χ2v) is 20.9. The van der Waals surface area contributed by atoms with Crippen LogP contribution in [-0.2, 0) is 14.7 Å². The van der Waals surface area contributed by atoms with E-state index in [9.17, 15) is 0 Å². The van der Waals surface area contributed by atoms with E-state index in [1.165, 1.54) is 0 Å². The van der Waals surface area contributed by atoms with Crippen LogP contribution in [0.15, 0.2) is 0 Å². The average Bonchev–Trinajstić information content (AvgIpc) is 1.25. The van der Waals surface area contributed by atoms with Crippen molar-refractivity contribution in [1.82, 2.24) is 0 Å². The zero-order valence-electron chi connectivity index (χ0n) is 3.27. The van der Waals surface area contributed by atoms with Crippen molar-refractivity contribution in [3.63, 3.8) is 0 Å². The summed E-state index contributed by atoms with van der Waals surface area (Å²) < 4.78 is 0. The third-order valence-corrected chi connectivity index (χ3v) is 0. The summed E-state index contributed by atoms with van der Waals surface area (Å²) in [6.07, 6.45) is 0. The molecule has 0 spiro atoms. The third kappa shape index (κ3) is 59.6. The summed E-state index contributed by atoms with van der Waals surface area (Å²) in [5, 5.41) is 0. The second-order valence-electron chi connectivity index (χ2n) is 0.429. The van der Waals surface area contributed by atoms with Crippen molar-refractivity contribution in [3.05, 3.63) is 0 Å². The standard InChI is InChI=1S/6ClH.Sn.Ti/h6*1H;;/q;;;;;;2*+3/p-6. The zero-order chi connectivity index (χ0) is 7.15. The average molecular weight is 379 g/mol. The number of halogens is 6. The van der Waals surface area contributed by atoms with E-state index in [1.807, 2.05) is 0 Å².